The molecule has 1 aromatic carbocycles. The van der Waals surface area contributed by atoms with Gasteiger partial charge in [-0.3, -0.25) is 14.3 Å². The molecule has 164 valence electrons. The normalized spacial score (nSPS) is 14.3. The van der Waals surface area contributed by atoms with Gasteiger partial charge in [0, 0.05) is 44.6 Å². The molecule has 1 amide bonds. The number of nitrogens with one attached hydrogen (secondary N) is 2. The average molecular weight is 456 g/mol. The number of halogens is 2. The monoisotopic (exact) mass is 455 g/mol. The Morgan fingerprint density at radius 3 is 2.57 bits per heavy atom. The number of fused-ring (bicyclic) bond motifs is 1. The second-order valence-corrected chi connectivity index (χ2v) is 6.89. The number of carbonyl (C=O) groups excluding carboxylic acids is 1. The van der Waals surface area contributed by atoms with Crippen molar-refractivity contribution in [2.24, 2.45) is 0 Å². The molecule has 1 fully saturated rings. The lowest BCUT2D eigenvalue weighted by Gasteiger charge is -2.32. The molecule has 8 nitrogen and oxygen atoms in total. The summed E-state index contributed by atoms with van der Waals surface area (Å²) in [5, 5.41) is 2.94. The minimum atomic E-state index is -0.0941. The molecule has 0 saturated carbocycles. The summed E-state index contributed by atoms with van der Waals surface area (Å²) >= 11 is 0. The smallest absolute Gasteiger partial charge is 0.326 e. The van der Waals surface area contributed by atoms with Crippen molar-refractivity contribution >= 4 is 41.8 Å². The molecule has 1 aliphatic rings. The van der Waals surface area contributed by atoms with Gasteiger partial charge in [-0.25, -0.2) is 4.79 Å². The first kappa shape index (κ1) is 25.6. The van der Waals surface area contributed by atoms with E-state index in [1.54, 1.807) is 24.5 Å². The van der Waals surface area contributed by atoms with Crippen LogP contribution >= 0.6 is 24.8 Å². The van der Waals surface area contributed by atoms with Crippen LogP contribution in [0, 0.1) is 0 Å². The predicted octanol–water partition coefficient (Wildman–Crippen LogP) is 1.81. The molecule has 1 aliphatic heterocycles. The molecule has 0 unspecified atom stereocenters. The van der Waals surface area contributed by atoms with Gasteiger partial charge in [0.15, 0.2) is 0 Å². The van der Waals surface area contributed by atoms with Crippen LogP contribution in [0.25, 0.3) is 11.0 Å². The maximum Gasteiger partial charge on any atom is 0.326 e. The van der Waals surface area contributed by atoms with Crippen LogP contribution in [0.4, 0.5) is 0 Å². The zero-order valence-electron chi connectivity index (χ0n) is 16.4. The number of rotatable bonds is 5. The van der Waals surface area contributed by atoms with Crippen LogP contribution < -0.4 is 11.0 Å². The fourth-order valence-corrected chi connectivity index (χ4v) is 3.76. The number of imidazole rings is 1. The van der Waals surface area contributed by atoms with Crippen molar-refractivity contribution in [1.29, 1.82) is 0 Å². The fraction of sp³-hybridized carbons (Fsp3) is 0.350. The van der Waals surface area contributed by atoms with Gasteiger partial charge in [-0.05, 0) is 37.1 Å². The average Bonchev–Trinajstić information content (AvgIpc) is 3.05. The molecule has 4 rings (SSSR count). The van der Waals surface area contributed by atoms with Crippen LogP contribution in [0.3, 0.4) is 0 Å². The molecule has 0 aliphatic carbocycles. The van der Waals surface area contributed by atoms with Gasteiger partial charge in [0.25, 0.3) is 5.91 Å². The summed E-state index contributed by atoms with van der Waals surface area (Å²) in [5.74, 6) is -0.0941. The summed E-state index contributed by atoms with van der Waals surface area (Å²) in [4.78, 5) is 33.6. The molecule has 3 heterocycles. The zero-order valence-corrected chi connectivity index (χ0v) is 18.0. The van der Waals surface area contributed by atoms with E-state index in [1.807, 2.05) is 28.8 Å². The Bertz CT molecular complexity index is 985. The first-order chi connectivity index (χ1) is 13.2. The number of H-pyrrole nitrogens is 1. The highest BCUT2D eigenvalue weighted by Crippen LogP contribution is 2.24. The van der Waals surface area contributed by atoms with Crippen LogP contribution in [0.1, 0.15) is 29.2 Å². The number of para-hydroxylation sites is 2. The summed E-state index contributed by atoms with van der Waals surface area (Å²) in [6.07, 6.45) is 5.08. The number of aromatic nitrogens is 3. The first-order valence-electron chi connectivity index (χ1n) is 9.32. The number of nitrogens with zero attached hydrogens (tertiary/aromatic N) is 3. The van der Waals surface area contributed by atoms with Crippen molar-refractivity contribution in [3.8, 4) is 0 Å². The Labute approximate surface area is 186 Å². The van der Waals surface area contributed by atoms with Crippen LogP contribution in [-0.2, 0) is 0 Å². The number of amides is 1. The second kappa shape index (κ2) is 11.7. The number of pyridine rings is 1. The lowest BCUT2D eigenvalue weighted by Crippen LogP contribution is -2.41. The molecule has 0 atom stereocenters. The van der Waals surface area contributed by atoms with E-state index in [0.717, 1.165) is 43.5 Å². The molecule has 30 heavy (non-hydrogen) atoms. The maximum atomic E-state index is 12.3. The number of hydrogen-bond donors (Lipinski definition) is 2. The number of hydrogen-bond acceptors (Lipinski definition) is 4. The maximum absolute atomic E-state index is 12.3. The van der Waals surface area contributed by atoms with E-state index in [0.29, 0.717) is 12.1 Å². The first-order valence-corrected chi connectivity index (χ1v) is 9.32. The van der Waals surface area contributed by atoms with E-state index < -0.39 is 0 Å². The van der Waals surface area contributed by atoms with Crippen molar-refractivity contribution in [2.75, 3.05) is 26.2 Å². The second-order valence-electron chi connectivity index (χ2n) is 6.89. The number of likely N-dealkylation sites (tertiary alicyclic amines) is 1. The van der Waals surface area contributed by atoms with Crippen molar-refractivity contribution in [3.63, 3.8) is 0 Å². The lowest BCUT2D eigenvalue weighted by molar-refractivity contribution is 0.0944. The van der Waals surface area contributed by atoms with Crippen LogP contribution in [0.2, 0.25) is 0 Å². The Hall–Kier alpha value is -2.39. The largest absolute Gasteiger partial charge is 0.412 e. The standard InChI is InChI=1S/C20H23N5O2.2ClH.H2O/c26-19(15-4-3-9-21-14-15)22-10-13-24-11-7-16(8-12-24)25-18-6-2-1-5-17(18)23-20(25)27;;;/h1-6,9,14,16H,7-8,10-13H2,(H,22,26)(H,23,27);2*1H;1H2. The molecule has 3 aromatic rings. The molecule has 10 heteroatoms. The Morgan fingerprint density at radius 2 is 1.87 bits per heavy atom. The molecular weight excluding hydrogens is 429 g/mol. The van der Waals surface area contributed by atoms with Crippen molar-refractivity contribution < 1.29 is 10.3 Å². The number of aromatic amines is 1. The van der Waals surface area contributed by atoms with Gasteiger partial charge in [0.05, 0.1) is 16.6 Å². The van der Waals surface area contributed by atoms with Gasteiger partial charge < -0.3 is 20.7 Å². The topological polar surface area (TPSA) is 115 Å². The highest BCUT2D eigenvalue weighted by atomic mass is 35.5. The zero-order chi connectivity index (χ0) is 18.6. The summed E-state index contributed by atoms with van der Waals surface area (Å²) in [5.41, 5.74) is 2.42. The third-order valence-corrected chi connectivity index (χ3v) is 5.18. The summed E-state index contributed by atoms with van der Waals surface area (Å²) in [7, 11) is 0. The Balaban J connectivity index is 0.00000150. The fourth-order valence-electron chi connectivity index (χ4n) is 3.76. The minimum Gasteiger partial charge on any atom is -0.412 e. The molecule has 1 saturated heterocycles. The molecular formula is C20H27Cl2N5O3. The highest BCUT2D eigenvalue weighted by molar-refractivity contribution is 5.93. The molecule has 4 N–H and O–H groups in total. The van der Waals surface area contributed by atoms with Gasteiger partial charge in [-0.1, -0.05) is 12.1 Å². The SMILES string of the molecule is Cl.Cl.O.O=C(NCCN1CCC(n2c(=O)[nH]c3ccccc32)CC1)c1cccnc1. The molecule has 0 spiro atoms. The van der Waals surface area contributed by atoms with Gasteiger partial charge in [0.2, 0.25) is 0 Å². The van der Waals surface area contributed by atoms with E-state index in [2.05, 4.69) is 20.2 Å². The molecule has 0 bridgehead atoms. The third-order valence-electron chi connectivity index (χ3n) is 5.18. The van der Waals surface area contributed by atoms with E-state index in [-0.39, 0.29) is 47.9 Å². The highest BCUT2D eigenvalue weighted by Gasteiger charge is 2.23. The summed E-state index contributed by atoms with van der Waals surface area (Å²) in [6.45, 7) is 3.24. The molecule has 2 aromatic heterocycles. The van der Waals surface area contributed by atoms with Crippen LogP contribution in [0.15, 0.2) is 53.6 Å². The van der Waals surface area contributed by atoms with Gasteiger partial charge in [-0.2, -0.15) is 0 Å². The van der Waals surface area contributed by atoms with E-state index >= 15 is 0 Å². The lowest BCUT2D eigenvalue weighted by atomic mass is 10.0. The third kappa shape index (κ3) is 5.60. The minimum absolute atomic E-state index is 0. The van der Waals surface area contributed by atoms with E-state index in [1.165, 1.54) is 0 Å². The Kier molecular flexibility index (Phi) is 10.0. The van der Waals surface area contributed by atoms with Crippen molar-refractivity contribution in [3.05, 3.63) is 64.8 Å². The van der Waals surface area contributed by atoms with Gasteiger partial charge >= 0.3 is 5.69 Å². The van der Waals surface area contributed by atoms with Crippen molar-refractivity contribution in [1.82, 2.24) is 24.8 Å². The van der Waals surface area contributed by atoms with Crippen LogP contribution in [-0.4, -0.2) is 57.0 Å². The molecule has 0 radical (unpaired) electrons. The van der Waals surface area contributed by atoms with Gasteiger partial charge in [0.1, 0.15) is 0 Å². The van der Waals surface area contributed by atoms with Crippen LogP contribution in [0.5, 0.6) is 0 Å². The number of piperidine rings is 1. The van der Waals surface area contributed by atoms with Gasteiger partial charge in [-0.15, -0.1) is 24.8 Å². The van der Waals surface area contributed by atoms with Crippen molar-refractivity contribution in [2.45, 2.75) is 18.9 Å². The predicted molar refractivity (Wildman–Crippen MR) is 122 cm³/mol. The van der Waals surface area contributed by atoms with E-state index in [9.17, 15) is 9.59 Å². The summed E-state index contributed by atoms with van der Waals surface area (Å²) < 4.78 is 1.90. The number of carbonyl (C=O) groups is 1. The quantitative estimate of drug-likeness (QED) is 0.610. The van der Waals surface area contributed by atoms with E-state index in [4.69, 9.17) is 0 Å². The Morgan fingerprint density at radius 1 is 1.13 bits per heavy atom. The summed E-state index contributed by atoms with van der Waals surface area (Å²) in [6, 6.07) is 11.6. The number of benzene rings is 1.